The van der Waals surface area contributed by atoms with E-state index in [4.69, 9.17) is 0 Å². The van der Waals surface area contributed by atoms with Crippen molar-refractivity contribution in [2.75, 3.05) is 9.80 Å². The second kappa shape index (κ2) is 23.6. The van der Waals surface area contributed by atoms with E-state index < -0.39 is 0 Å². The maximum absolute atomic E-state index is 2.74. The largest absolute Gasteiger partial charge is 0.310 e. The van der Waals surface area contributed by atoms with Crippen LogP contribution in [0.5, 0.6) is 0 Å². The molecule has 0 fully saturated rings. The number of fused-ring (bicyclic) bond motifs is 6. The van der Waals surface area contributed by atoms with Crippen molar-refractivity contribution in [3.8, 4) is 77.9 Å². The van der Waals surface area contributed by atoms with E-state index in [-0.39, 0.29) is 23.0 Å². The molecule has 0 radical (unpaired) electrons. The zero-order valence-electron chi connectivity index (χ0n) is 59.0. The first-order chi connectivity index (χ1) is 49.0. The van der Waals surface area contributed by atoms with Gasteiger partial charge in [-0.1, -0.05) is 329 Å². The molecule has 0 N–H and O–H groups in total. The summed E-state index contributed by atoms with van der Waals surface area (Å²) in [5, 5.41) is 10.3. The summed E-state index contributed by atoms with van der Waals surface area (Å²) in [5.74, 6) is 0. The van der Waals surface area contributed by atoms with Crippen LogP contribution in [-0.2, 0) is 16.2 Å². The molecule has 0 atom stereocenters. The van der Waals surface area contributed by atoms with Gasteiger partial charge in [0.15, 0.2) is 0 Å². The summed E-state index contributed by atoms with van der Waals surface area (Å²) in [4.78, 5) is 5.44. The second-order valence-electron chi connectivity index (χ2n) is 31.2. The summed E-state index contributed by atoms with van der Waals surface area (Å²) in [6, 6.07) is 121. The molecule has 2 aliphatic rings. The fourth-order valence-electron chi connectivity index (χ4n) is 16.7. The SMILES string of the molecule is CC(C)(C)c1ccc(-c2cc3c4c(c2)N(c2c(-c5ccccc5)cc(C(C)(C)C)cc2-c2ccccc2)c2cc(-c5ccc6c7cccc8cccc(c9cccc5c96)c87)ccc2B4c2cc(-c4ccccc4)ccc2N3c2c(-c3ccccc3)cc(C(C)(C)C)cc2-c2ccccc2)cc1. The molecule has 2 aliphatic heterocycles. The first-order valence-electron chi connectivity index (χ1n) is 35.9. The van der Waals surface area contributed by atoms with Crippen LogP contribution >= 0.6 is 0 Å². The molecule has 0 saturated heterocycles. The predicted molar refractivity (Wildman–Crippen MR) is 436 cm³/mol. The summed E-state index contributed by atoms with van der Waals surface area (Å²) in [6.07, 6.45) is 0. The van der Waals surface area contributed by atoms with Crippen molar-refractivity contribution in [1.82, 2.24) is 0 Å². The highest BCUT2D eigenvalue weighted by Gasteiger charge is 2.46. The molecule has 0 unspecified atom stereocenters. The molecule has 18 rings (SSSR count). The molecular weight excluding hydrogens is 1220 g/mol. The van der Waals surface area contributed by atoms with Gasteiger partial charge in [-0.25, -0.2) is 0 Å². The number of anilines is 6. The summed E-state index contributed by atoms with van der Waals surface area (Å²) in [5.41, 5.74) is 30.4. The van der Waals surface area contributed by atoms with Crippen molar-refractivity contribution >= 4 is 100 Å². The number of rotatable bonds is 9. The van der Waals surface area contributed by atoms with E-state index in [0.29, 0.717) is 0 Å². The monoisotopic (exact) mass is 1290 g/mol. The summed E-state index contributed by atoms with van der Waals surface area (Å²) < 4.78 is 0. The lowest BCUT2D eigenvalue weighted by Crippen LogP contribution is -2.61. The van der Waals surface area contributed by atoms with Crippen LogP contribution in [0.15, 0.2) is 315 Å². The average Bonchev–Trinajstić information content (AvgIpc) is 0.689. The fourth-order valence-corrected chi connectivity index (χ4v) is 16.7. The van der Waals surface area contributed by atoms with Gasteiger partial charge in [0.1, 0.15) is 0 Å². The molecule has 101 heavy (non-hydrogen) atoms. The van der Waals surface area contributed by atoms with Gasteiger partial charge >= 0.3 is 0 Å². The van der Waals surface area contributed by atoms with Gasteiger partial charge in [0, 0.05) is 45.0 Å². The van der Waals surface area contributed by atoms with E-state index in [1.807, 2.05) is 0 Å². The number of benzene rings is 16. The number of nitrogens with zero attached hydrogens (tertiary/aromatic N) is 2. The average molecular weight is 1300 g/mol. The normalized spacial score (nSPS) is 12.9. The van der Waals surface area contributed by atoms with Crippen LogP contribution < -0.4 is 26.2 Å². The predicted octanol–water partition coefficient (Wildman–Crippen LogP) is 25.4. The van der Waals surface area contributed by atoms with E-state index in [2.05, 4.69) is 388 Å². The van der Waals surface area contributed by atoms with Crippen LogP contribution in [-0.4, -0.2) is 6.71 Å². The Hall–Kier alpha value is -11.5. The van der Waals surface area contributed by atoms with E-state index in [9.17, 15) is 0 Å². The van der Waals surface area contributed by atoms with Crippen LogP contribution in [0.1, 0.15) is 79.0 Å². The number of hydrogen-bond donors (Lipinski definition) is 0. The van der Waals surface area contributed by atoms with Gasteiger partial charge in [-0.15, -0.1) is 0 Å². The van der Waals surface area contributed by atoms with Gasteiger partial charge < -0.3 is 9.80 Å². The zero-order chi connectivity index (χ0) is 68.6. The van der Waals surface area contributed by atoms with Crippen molar-refractivity contribution in [3.05, 3.63) is 332 Å². The maximum Gasteiger partial charge on any atom is 0.252 e. The molecule has 16 aromatic rings. The highest BCUT2D eigenvalue weighted by Crippen LogP contribution is 2.56. The highest BCUT2D eigenvalue weighted by molar-refractivity contribution is 7.00. The van der Waals surface area contributed by atoms with Crippen LogP contribution in [0.25, 0.3) is 121 Å². The molecule has 484 valence electrons. The topological polar surface area (TPSA) is 6.48 Å². The number of hydrogen-bond acceptors (Lipinski definition) is 2. The van der Waals surface area contributed by atoms with Gasteiger partial charge in [0.05, 0.1) is 11.4 Å². The van der Waals surface area contributed by atoms with Gasteiger partial charge in [-0.05, 0) is 197 Å². The van der Waals surface area contributed by atoms with Crippen molar-refractivity contribution in [2.24, 2.45) is 0 Å². The van der Waals surface area contributed by atoms with Gasteiger partial charge in [-0.3, -0.25) is 0 Å². The Bertz CT molecular complexity index is 5750. The molecule has 16 aromatic carbocycles. The third kappa shape index (κ3) is 10.3. The van der Waals surface area contributed by atoms with Crippen molar-refractivity contribution in [3.63, 3.8) is 0 Å². The van der Waals surface area contributed by atoms with Crippen molar-refractivity contribution in [1.29, 1.82) is 0 Å². The standard InChI is InChI=1S/C98H79BN2/c1-96(2,3)72-48-44-63(45-49-72)71-56-89-93-90(57-71)101(95-83(66-34-21-13-22-35-66)60-74(98(7,8)9)61-84(95)67-36-23-14-24-37-67)88-55-70(75-50-51-80-78-41-26-39-68-38-25-40-77(91(68)78)79-43-27-42-76(75)92(79)80)46-52-85(88)99(93)86-54-69(62-28-15-10-16-29-62)47-53-87(86)100(89)94-81(64-30-17-11-18-31-64)58-73(97(4,5)6)59-82(94)65-32-19-12-20-33-65/h10-61H,1-9H3. The van der Waals surface area contributed by atoms with E-state index in [1.54, 1.807) is 0 Å². The Kier molecular flexibility index (Phi) is 14.4. The first-order valence-corrected chi connectivity index (χ1v) is 35.9. The van der Waals surface area contributed by atoms with Crippen molar-refractivity contribution in [2.45, 2.75) is 78.6 Å². The minimum Gasteiger partial charge on any atom is -0.310 e. The molecule has 0 spiro atoms. The lowest BCUT2D eigenvalue weighted by molar-refractivity contribution is 0.590. The Morgan fingerprint density at radius 2 is 0.614 bits per heavy atom. The quantitative estimate of drug-likeness (QED) is 0.0807. The minimum absolute atomic E-state index is 0.0462. The van der Waals surface area contributed by atoms with E-state index in [1.165, 1.54) is 115 Å². The van der Waals surface area contributed by atoms with E-state index >= 15 is 0 Å². The summed E-state index contributed by atoms with van der Waals surface area (Å²) in [7, 11) is 0. The van der Waals surface area contributed by atoms with Crippen LogP contribution in [0.2, 0.25) is 0 Å². The first kappa shape index (κ1) is 61.8. The lowest BCUT2D eigenvalue weighted by atomic mass is 9.33. The molecule has 3 heteroatoms. The van der Waals surface area contributed by atoms with Crippen LogP contribution in [0.4, 0.5) is 34.1 Å². The summed E-state index contributed by atoms with van der Waals surface area (Å²) >= 11 is 0. The highest BCUT2D eigenvalue weighted by atomic mass is 15.2. The fraction of sp³-hybridized carbons (Fsp3) is 0.122. The van der Waals surface area contributed by atoms with Crippen LogP contribution in [0.3, 0.4) is 0 Å². The molecule has 0 saturated carbocycles. The van der Waals surface area contributed by atoms with Gasteiger partial charge in [0.25, 0.3) is 6.71 Å². The maximum atomic E-state index is 2.74. The van der Waals surface area contributed by atoms with Crippen LogP contribution in [0, 0.1) is 0 Å². The van der Waals surface area contributed by atoms with Gasteiger partial charge in [0.2, 0.25) is 0 Å². The third-order valence-corrected chi connectivity index (χ3v) is 21.8. The minimum atomic E-state index is -0.232. The molecule has 0 amide bonds. The zero-order valence-corrected chi connectivity index (χ0v) is 59.0. The van der Waals surface area contributed by atoms with Crippen molar-refractivity contribution < 1.29 is 0 Å². The smallest absolute Gasteiger partial charge is 0.252 e. The third-order valence-electron chi connectivity index (χ3n) is 21.8. The van der Waals surface area contributed by atoms with E-state index in [0.717, 1.165) is 73.1 Å². The Morgan fingerprint density at radius 1 is 0.228 bits per heavy atom. The molecule has 2 heterocycles. The molecular formula is C98H79BN2. The summed E-state index contributed by atoms with van der Waals surface area (Å²) in [6.45, 7) is 20.9. The molecule has 0 aliphatic carbocycles. The Morgan fingerprint density at radius 3 is 1.09 bits per heavy atom. The second-order valence-corrected chi connectivity index (χ2v) is 31.2. The Labute approximate surface area is 594 Å². The lowest BCUT2D eigenvalue weighted by Gasteiger charge is -2.46. The molecule has 0 bridgehead atoms. The van der Waals surface area contributed by atoms with Gasteiger partial charge in [-0.2, -0.15) is 0 Å². The molecule has 2 nitrogen and oxygen atoms in total. The Balaban J connectivity index is 1.03. The molecule has 0 aromatic heterocycles.